The maximum atomic E-state index is 9.11. The third kappa shape index (κ3) is 4.53. The van der Waals surface area contributed by atoms with Crippen LogP contribution in [-0.2, 0) is 0 Å². The van der Waals surface area contributed by atoms with Gasteiger partial charge in [-0.2, -0.15) is 5.26 Å². The first-order valence-electron chi connectivity index (χ1n) is 10.0. The van der Waals surface area contributed by atoms with Crippen molar-refractivity contribution in [1.29, 1.82) is 5.26 Å². The molecule has 0 aliphatic heterocycles. The van der Waals surface area contributed by atoms with Crippen LogP contribution < -0.4 is 0 Å². The van der Waals surface area contributed by atoms with Crippen LogP contribution in [0.15, 0.2) is 12.1 Å². The van der Waals surface area contributed by atoms with Crippen molar-refractivity contribution < 1.29 is 0 Å². The number of benzene rings is 1. The van der Waals surface area contributed by atoms with Crippen LogP contribution >= 0.6 is 23.2 Å². The van der Waals surface area contributed by atoms with Gasteiger partial charge in [-0.1, -0.05) is 55.8 Å². The van der Waals surface area contributed by atoms with Crippen LogP contribution in [0, 0.1) is 29.1 Å². The maximum Gasteiger partial charge on any atom is 0.102 e. The van der Waals surface area contributed by atoms with Gasteiger partial charge in [0.2, 0.25) is 0 Å². The van der Waals surface area contributed by atoms with E-state index < -0.39 is 0 Å². The Morgan fingerprint density at radius 2 is 1.44 bits per heavy atom. The smallest absolute Gasteiger partial charge is 0.102 e. The van der Waals surface area contributed by atoms with E-state index in [0.29, 0.717) is 21.5 Å². The van der Waals surface area contributed by atoms with Crippen molar-refractivity contribution in [3.63, 3.8) is 0 Å². The van der Waals surface area contributed by atoms with Crippen LogP contribution in [0.25, 0.3) is 0 Å². The molecular weight excluding hydrogens is 349 g/mol. The summed E-state index contributed by atoms with van der Waals surface area (Å²) in [5, 5.41) is 10.1. The lowest BCUT2D eigenvalue weighted by atomic mass is 9.68. The van der Waals surface area contributed by atoms with Gasteiger partial charge in [-0.3, -0.25) is 0 Å². The van der Waals surface area contributed by atoms with Crippen molar-refractivity contribution in [1.82, 2.24) is 0 Å². The second kappa shape index (κ2) is 8.79. The highest BCUT2D eigenvalue weighted by molar-refractivity contribution is 6.36. The third-order valence-corrected chi connectivity index (χ3v) is 7.27. The molecule has 0 spiro atoms. The minimum atomic E-state index is 0.407. The van der Waals surface area contributed by atoms with E-state index in [1.807, 2.05) is 12.1 Å². The van der Waals surface area contributed by atoms with Crippen LogP contribution in [0.3, 0.4) is 0 Å². The average Bonchev–Trinajstić information content (AvgIpc) is 2.62. The molecule has 0 unspecified atom stereocenters. The number of hydrogen-bond acceptors (Lipinski definition) is 1. The predicted octanol–water partition coefficient (Wildman–Crippen LogP) is 7.75. The van der Waals surface area contributed by atoms with Gasteiger partial charge in [-0.15, -0.1) is 0 Å². The van der Waals surface area contributed by atoms with Crippen molar-refractivity contribution in [3.8, 4) is 6.07 Å². The van der Waals surface area contributed by atoms with Crippen LogP contribution in [0.1, 0.15) is 88.2 Å². The summed E-state index contributed by atoms with van der Waals surface area (Å²) in [7, 11) is 0. The van der Waals surface area contributed by atoms with Crippen molar-refractivity contribution in [3.05, 3.63) is 33.3 Å². The topological polar surface area (TPSA) is 23.8 Å². The molecule has 0 radical (unpaired) electrons. The monoisotopic (exact) mass is 377 g/mol. The van der Waals surface area contributed by atoms with E-state index in [9.17, 15) is 0 Å². The fourth-order valence-corrected chi connectivity index (χ4v) is 5.80. The zero-order chi connectivity index (χ0) is 17.8. The highest BCUT2D eigenvalue weighted by atomic mass is 35.5. The number of hydrogen-bond donors (Lipinski definition) is 0. The Morgan fingerprint density at radius 1 is 0.920 bits per heavy atom. The molecule has 0 amide bonds. The van der Waals surface area contributed by atoms with E-state index in [2.05, 4.69) is 13.0 Å². The molecule has 1 aromatic carbocycles. The molecule has 0 aromatic heterocycles. The number of nitrogens with zero attached hydrogens (tertiary/aromatic N) is 1. The Morgan fingerprint density at radius 3 is 1.92 bits per heavy atom. The third-order valence-electron chi connectivity index (χ3n) is 6.67. The Bertz CT molecular complexity index is 594. The van der Waals surface area contributed by atoms with Crippen LogP contribution in [0.5, 0.6) is 0 Å². The van der Waals surface area contributed by atoms with Crippen LogP contribution in [0.2, 0.25) is 10.0 Å². The summed E-state index contributed by atoms with van der Waals surface area (Å²) in [5.41, 5.74) is 1.63. The molecule has 1 nitrogen and oxygen atoms in total. The number of rotatable bonds is 4. The van der Waals surface area contributed by atoms with E-state index in [0.717, 1.165) is 17.8 Å². The highest BCUT2D eigenvalue weighted by Crippen LogP contribution is 2.45. The van der Waals surface area contributed by atoms with Crippen molar-refractivity contribution in [2.75, 3.05) is 0 Å². The van der Waals surface area contributed by atoms with E-state index in [1.165, 1.54) is 69.8 Å². The standard InChI is InChI=1S/C22H29Cl2N/c1-2-3-15-4-6-16(7-5-15)17-8-10-18(11-9-17)19-12-21(23)20(14-25)22(24)13-19/h12-13,15-18H,2-11H2,1H3. The van der Waals surface area contributed by atoms with Gasteiger partial charge in [0.15, 0.2) is 0 Å². The van der Waals surface area contributed by atoms with Crippen LogP contribution in [-0.4, -0.2) is 0 Å². The van der Waals surface area contributed by atoms with Gasteiger partial charge in [0.25, 0.3) is 0 Å². The van der Waals surface area contributed by atoms with Gasteiger partial charge in [0, 0.05) is 0 Å². The Kier molecular flexibility index (Phi) is 6.70. The molecule has 3 rings (SSSR count). The Balaban J connectivity index is 1.55. The molecule has 2 aliphatic rings. The van der Waals surface area contributed by atoms with Gasteiger partial charge in [0.05, 0.1) is 15.6 Å². The largest absolute Gasteiger partial charge is 0.192 e. The zero-order valence-corrected chi connectivity index (χ0v) is 16.8. The number of halogens is 2. The molecule has 2 aliphatic carbocycles. The number of nitriles is 1. The summed E-state index contributed by atoms with van der Waals surface area (Å²) in [6, 6.07) is 6.02. The molecule has 25 heavy (non-hydrogen) atoms. The Labute approximate surface area is 162 Å². The van der Waals surface area contributed by atoms with Gasteiger partial charge >= 0.3 is 0 Å². The highest BCUT2D eigenvalue weighted by Gasteiger charge is 2.31. The second-order valence-corrected chi connectivity index (χ2v) is 8.97. The first-order valence-corrected chi connectivity index (χ1v) is 10.8. The summed E-state index contributed by atoms with van der Waals surface area (Å²) < 4.78 is 0. The second-order valence-electron chi connectivity index (χ2n) is 8.15. The van der Waals surface area contributed by atoms with Crippen molar-refractivity contribution >= 4 is 23.2 Å². The predicted molar refractivity (Wildman–Crippen MR) is 106 cm³/mol. The van der Waals surface area contributed by atoms with E-state index >= 15 is 0 Å². The van der Waals surface area contributed by atoms with E-state index in [4.69, 9.17) is 28.5 Å². The lowest BCUT2D eigenvalue weighted by Gasteiger charge is -2.38. The van der Waals surface area contributed by atoms with Gasteiger partial charge in [0.1, 0.15) is 6.07 Å². The maximum absolute atomic E-state index is 9.11. The van der Waals surface area contributed by atoms with Gasteiger partial charge in [-0.25, -0.2) is 0 Å². The molecule has 3 heteroatoms. The SMILES string of the molecule is CCCC1CCC(C2CCC(c3cc(Cl)c(C#N)c(Cl)c3)CC2)CC1. The zero-order valence-electron chi connectivity index (χ0n) is 15.2. The van der Waals surface area contributed by atoms with Crippen molar-refractivity contribution in [2.24, 2.45) is 17.8 Å². The molecule has 0 bridgehead atoms. The minimum absolute atomic E-state index is 0.407. The first kappa shape index (κ1) is 19.1. The summed E-state index contributed by atoms with van der Waals surface area (Å²) in [4.78, 5) is 0. The van der Waals surface area contributed by atoms with Gasteiger partial charge < -0.3 is 0 Å². The minimum Gasteiger partial charge on any atom is -0.192 e. The summed E-state index contributed by atoms with van der Waals surface area (Å²) in [5.74, 6) is 3.43. The molecule has 2 fully saturated rings. The Hall–Kier alpha value is -0.710. The van der Waals surface area contributed by atoms with Crippen molar-refractivity contribution in [2.45, 2.75) is 77.0 Å². The lowest BCUT2D eigenvalue weighted by Crippen LogP contribution is -2.25. The van der Waals surface area contributed by atoms with E-state index in [-0.39, 0.29) is 0 Å². The molecule has 0 heterocycles. The summed E-state index contributed by atoms with van der Waals surface area (Å²) >= 11 is 12.5. The molecule has 136 valence electrons. The lowest BCUT2D eigenvalue weighted by molar-refractivity contribution is 0.156. The molecule has 0 atom stereocenters. The van der Waals surface area contributed by atoms with Gasteiger partial charge in [-0.05, 0) is 79.9 Å². The first-order chi connectivity index (χ1) is 12.1. The van der Waals surface area contributed by atoms with E-state index in [1.54, 1.807) is 0 Å². The van der Waals surface area contributed by atoms with Crippen LogP contribution in [0.4, 0.5) is 0 Å². The fraction of sp³-hybridized carbons (Fsp3) is 0.682. The molecule has 2 saturated carbocycles. The molecule has 0 saturated heterocycles. The molecule has 1 aromatic rings. The quantitative estimate of drug-likeness (QED) is 0.525. The summed E-state index contributed by atoms with van der Waals surface area (Å²) in [6.45, 7) is 2.31. The normalized spacial score (nSPS) is 30.0. The molecular formula is C22H29Cl2N. The summed E-state index contributed by atoms with van der Waals surface area (Å²) in [6.07, 6.45) is 13.7. The molecule has 0 N–H and O–H groups in total. The fourth-order valence-electron chi connectivity index (χ4n) is 5.22. The average molecular weight is 378 g/mol.